The van der Waals surface area contributed by atoms with Gasteiger partial charge in [0.15, 0.2) is 0 Å². The van der Waals surface area contributed by atoms with Gasteiger partial charge in [-0.3, -0.25) is 0 Å². The molecule has 0 radical (unpaired) electrons. The van der Waals surface area contributed by atoms with Crippen molar-refractivity contribution < 1.29 is 13.3 Å². The van der Waals surface area contributed by atoms with Gasteiger partial charge in [-0.2, -0.15) is 0 Å². The monoisotopic (exact) mass is 294 g/mol. The van der Waals surface area contributed by atoms with E-state index in [4.69, 9.17) is 13.3 Å². The molecular weight excluding hydrogens is 276 g/mol. The number of hydrogen-bond donors (Lipinski definition) is 3. The van der Waals surface area contributed by atoms with Crippen LogP contribution in [0.2, 0.25) is 0 Å². The molecule has 0 aliphatic heterocycles. The smallest absolute Gasteiger partial charge is 0.366 e. The van der Waals surface area contributed by atoms with Gasteiger partial charge in [0.2, 0.25) is 0 Å². The summed E-state index contributed by atoms with van der Waals surface area (Å²) in [6.07, 6.45) is 0. The van der Waals surface area contributed by atoms with E-state index in [0.717, 1.165) is 0 Å². The van der Waals surface area contributed by atoms with Gasteiger partial charge in [-0.15, -0.1) is 23.3 Å². The third-order valence-electron chi connectivity index (χ3n) is 1.29. The number of hydrogen-bond acceptors (Lipinski definition) is 6. The molecule has 0 aromatic rings. The Morgan fingerprint density at radius 1 is 1.07 bits per heavy atom. The molecule has 0 spiro atoms. The third kappa shape index (κ3) is 4.56. The van der Waals surface area contributed by atoms with Gasteiger partial charge in [0.1, 0.15) is 0 Å². The van der Waals surface area contributed by atoms with Crippen LogP contribution in [0, 0.1) is 0 Å². The maximum absolute atomic E-state index is 5.64. The van der Waals surface area contributed by atoms with Crippen LogP contribution in [0.3, 0.4) is 0 Å². The van der Waals surface area contributed by atoms with Gasteiger partial charge in [0.25, 0.3) is 0 Å². The number of rotatable bonds is 8. The summed E-state index contributed by atoms with van der Waals surface area (Å²) in [6, 6.07) is 0. The van der Waals surface area contributed by atoms with Crippen LogP contribution in [0.15, 0.2) is 0 Å². The van der Waals surface area contributed by atoms with Gasteiger partial charge in [0, 0.05) is 19.8 Å². The second-order valence-electron chi connectivity index (χ2n) is 2.18. The van der Waals surface area contributed by atoms with E-state index in [0.29, 0.717) is 19.8 Å². The molecule has 88 valence electrons. The fourth-order valence-electron chi connectivity index (χ4n) is 0.888. The molecule has 0 aliphatic carbocycles. The van der Waals surface area contributed by atoms with Crippen molar-refractivity contribution in [2.24, 2.45) is 0 Å². The van der Waals surface area contributed by atoms with Gasteiger partial charge < -0.3 is 13.3 Å². The fourth-order valence-corrected chi connectivity index (χ4v) is 11.7. The molecule has 1 atom stereocenters. The molecule has 0 aromatic carbocycles. The fraction of sp³-hybridized carbons (Fsp3) is 1.00. The SMILES string of the molecule is CCO[Si](OCC)(OCC)[SH](S)SS. The van der Waals surface area contributed by atoms with Crippen molar-refractivity contribution in [3.63, 3.8) is 0 Å². The van der Waals surface area contributed by atoms with Crippen molar-refractivity contribution in [1.29, 1.82) is 0 Å². The average molecular weight is 295 g/mol. The predicted molar refractivity (Wildman–Crippen MR) is 75.2 cm³/mol. The molecule has 0 bridgehead atoms. The first-order chi connectivity index (χ1) is 6.66. The lowest BCUT2D eigenvalue weighted by Gasteiger charge is -2.32. The first-order valence-corrected chi connectivity index (χ1v) is 11.9. The summed E-state index contributed by atoms with van der Waals surface area (Å²) in [4.78, 5) is 0. The first-order valence-electron chi connectivity index (χ1n) is 4.39. The lowest BCUT2D eigenvalue weighted by atomic mass is 10.9. The summed E-state index contributed by atoms with van der Waals surface area (Å²) >= 11 is 8.60. The molecule has 8 heteroatoms. The van der Waals surface area contributed by atoms with Crippen molar-refractivity contribution in [2.75, 3.05) is 19.8 Å². The minimum Gasteiger partial charge on any atom is -0.366 e. The summed E-state index contributed by atoms with van der Waals surface area (Å²) in [7, 11) is -2.02. The van der Waals surface area contributed by atoms with Crippen LogP contribution < -0.4 is 0 Å². The highest BCUT2D eigenvalue weighted by molar-refractivity contribution is 9.33. The second-order valence-corrected chi connectivity index (χ2v) is 15.0. The molecule has 0 aromatic heterocycles. The second kappa shape index (κ2) is 8.63. The highest BCUT2D eigenvalue weighted by Gasteiger charge is 2.46. The summed E-state index contributed by atoms with van der Waals surface area (Å²) in [5, 5.41) is 0. The Morgan fingerprint density at radius 3 is 1.64 bits per heavy atom. The lowest BCUT2D eigenvalue weighted by molar-refractivity contribution is 0.0969. The van der Waals surface area contributed by atoms with Crippen LogP contribution in [-0.4, -0.2) is 27.8 Å². The van der Waals surface area contributed by atoms with E-state index in [2.05, 4.69) is 23.3 Å². The molecule has 0 heterocycles. The number of thiol groups is 3. The van der Waals surface area contributed by atoms with Crippen LogP contribution in [0.4, 0.5) is 0 Å². The quantitative estimate of drug-likeness (QED) is 0.365. The van der Waals surface area contributed by atoms with Crippen molar-refractivity contribution in [3.8, 4) is 0 Å². The lowest BCUT2D eigenvalue weighted by Crippen LogP contribution is -2.44. The molecule has 0 saturated carbocycles. The minimum atomic E-state index is -2.58. The molecule has 1 unspecified atom stereocenters. The predicted octanol–water partition coefficient (Wildman–Crippen LogP) is 2.87. The normalized spacial score (nSPS) is 15.6. The largest absolute Gasteiger partial charge is 0.572 e. The Bertz CT molecular complexity index is 134. The van der Waals surface area contributed by atoms with E-state index in [1.165, 1.54) is 9.83 Å². The van der Waals surface area contributed by atoms with E-state index in [1.807, 2.05) is 20.8 Å². The van der Waals surface area contributed by atoms with E-state index in [1.54, 1.807) is 0 Å². The standard InChI is InChI=1S/C6H18O3S4Si/c1-4-7-14(8-5-2,9-6-3)13(11)12-10/h10-11,13H,4-6H2,1-3H3. The molecule has 0 saturated heterocycles. The Balaban J connectivity index is 4.53. The molecule has 0 fully saturated rings. The molecule has 3 nitrogen and oxygen atoms in total. The van der Waals surface area contributed by atoms with Crippen molar-refractivity contribution in [1.82, 2.24) is 0 Å². The summed E-state index contributed by atoms with van der Waals surface area (Å²) < 4.78 is 16.9. The van der Waals surface area contributed by atoms with Crippen molar-refractivity contribution in [3.05, 3.63) is 0 Å². The maximum Gasteiger partial charge on any atom is 0.572 e. The van der Waals surface area contributed by atoms with Gasteiger partial charge in [-0.05, 0) is 30.6 Å². The highest BCUT2D eigenvalue weighted by Crippen LogP contribution is 2.55. The average Bonchev–Trinajstić information content (AvgIpc) is 2.17. The molecule has 0 aliphatic rings. The zero-order valence-corrected chi connectivity index (χ0v) is 13.1. The van der Waals surface area contributed by atoms with Gasteiger partial charge in [-0.1, -0.05) is 8.41 Å². The van der Waals surface area contributed by atoms with E-state index in [-0.39, 0.29) is 0 Å². The molecule has 0 amide bonds. The summed E-state index contributed by atoms with van der Waals surface area (Å²) in [5.41, 5.74) is 0. The van der Waals surface area contributed by atoms with Gasteiger partial charge in [0.05, 0.1) is 0 Å². The summed E-state index contributed by atoms with van der Waals surface area (Å²) in [5.74, 6) is 0. The molecule has 14 heavy (non-hydrogen) atoms. The minimum absolute atomic E-state index is 0.583. The molecule has 0 N–H and O–H groups in total. The van der Waals surface area contributed by atoms with Crippen LogP contribution in [0.25, 0.3) is 0 Å². The zero-order chi connectivity index (χ0) is 11.0. The van der Waals surface area contributed by atoms with Crippen molar-refractivity contribution in [2.45, 2.75) is 20.8 Å². The topological polar surface area (TPSA) is 27.7 Å². The molecular formula is C6H18O3S4Si. The first kappa shape index (κ1) is 15.5. The van der Waals surface area contributed by atoms with E-state index < -0.39 is 16.4 Å². The molecule has 0 rings (SSSR count). The van der Waals surface area contributed by atoms with Crippen LogP contribution in [-0.2, 0) is 13.3 Å². The van der Waals surface area contributed by atoms with Crippen LogP contribution >= 0.6 is 41.6 Å². The highest BCUT2D eigenvalue weighted by atomic mass is 33.8. The van der Waals surface area contributed by atoms with Gasteiger partial charge in [-0.25, -0.2) is 0 Å². The Kier molecular flexibility index (Phi) is 9.55. The van der Waals surface area contributed by atoms with Crippen LogP contribution in [0.5, 0.6) is 0 Å². The zero-order valence-electron chi connectivity index (χ0n) is 8.60. The van der Waals surface area contributed by atoms with Crippen LogP contribution in [0.1, 0.15) is 20.8 Å². The van der Waals surface area contributed by atoms with Crippen molar-refractivity contribution >= 4 is 49.5 Å². The summed E-state index contributed by atoms with van der Waals surface area (Å²) in [6.45, 7) is 7.54. The van der Waals surface area contributed by atoms with Gasteiger partial charge >= 0.3 is 7.95 Å². The Labute approximate surface area is 103 Å². The Morgan fingerprint density at radius 2 is 1.43 bits per heavy atom. The maximum atomic E-state index is 5.64. The van der Waals surface area contributed by atoms with E-state index >= 15 is 0 Å². The Hall–Kier alpha value is 1.50. The third-order valence-corrected chi connectivity index (χ3v) is 16.7. The van der Waals surface area contributed by atoms with E-state index in [9.17, 15) is 0 Å².